The second-order valence-corrected chi connectivity index (χ2v) is 6.65. The monoisotopic (exact) mass is 354 g/mol. The Morgan fingerprint density at radius 2 is 2.16 bits per heavy atom. The summed E-state index contributed by atoms with van der Waals surface area (Å²) in [7, 11) is 0. The van der Waals surface area contributed by atoms with Gasteiger partial charge in [0, 0.05) is 11.1 Å². The lowest BCUT2D eigenvalue weighted by molar-refractivity contribution is 0.0949. The van der Waals surface area contributed by atoms with Crippen molar-refractivity contribution in [3.05, 3.63) is 52.6 Å². The van der Waals surface area contributed by atoms with Crippen molar-refractivity contribution >= 4 is 22.9 Å². The summed E-state index contributed by atoms with van der Waals surface area (Å²) in [5.74, 6) is 0.470. The first kappa shape index (κ1) is 15.4. The molecule has 0 atom stereocenters. The SMILES string of the molecule is Cc1sc(-n2cnnn2)c(C(=O)NCc2nnc3ccccn23)c1C. The average Bonchev–Trinajstić information content (AvgIpc) is 3.33. The summed E-state index contributed by atoms with van der Waals surface area (Å²) in [5.41, 5.74) is 2.23. The van der Waals surface area contributed by atoms with Gasteiger partial charge in [-0.1, -0.05) is 6.07 Å². The Labute approximate surface area is 146 Å². The van der Waals surface area contributed by atoms with Crippen LogP contribution in [0.15, 0.2) is 30.7 Å². The fourth-order valence-corrected chi connectivity index (χ4v) is 3.62. The largest absolute Gasteiger partial charge is 0.345 e. The first-order chi connectivity index (χ1) is 12.1. The zero-order valence-corrected chi connectivity index (χ0v) is 14.4. The van der Waals surface area contributed by atoms with Gasteiger partial charge >= 0.3 is 0 Å². The molecule has 126 valence electrons. The molecule has 1 N–H and O–H groups in total. The Bertz CT molecular complexity index is 1050. The lowest BCUT2D eigenvalue weighted by Crippen LogP contribution is -2.25. The van der Waals surface area contributed by atoms with Gasteiger partial charge in [-0.3, -0.25) is 9.20 Å². The molecular weight excluding hydrogens is 340 g/mol. The minimum atomic E-state index is -0.194. The molecule has 4 heterocycles. The van der Waals surface area contributed by atoms with Crippen LogP contribution >= 0.6 is 11.3 Å². The molecule has 9 nitrogen and oxygen atoms in total. The number of pyridine rings is 1. The summed E-state index contributed by atoms with van der Waals surface area (Å²) < 4.78 is 3.35. The number of aromatic nitrogens is 7. The van der Waals surface area contributed by atoms with Crippen LogP contribution in [0.3, 0.4) is 0 Å². The van der Waals surface area contributed by atoms with E-state index in [9.17, 15) is 4.79 Å². The van der Waals surface area contributed by atoms with E-state index in [-0.39, 0.29) is 12.5 Å². The Morgan fingerprint density at radius 3 is 2.96 bits per heavy atom. The van der Waals surface area contributed by atoms with Gasteiger partial charge in [0.05, 0.1) is 12.1 Å². The number of tetrazole rings is 1. The fraction of sp³-hybridized carbons (Fsp3) is 0.200. The van der Waals surface area contributed by atoms with Crippen molar-refractivity contribution in [1.82, 2.24) is 40.1 Å². The molecule has 4 aromatic rings. The topological polar surface area (TPSA) is 103 Å². The first-order valence-electron chi connectivity index (χ1n) is 7.55. The lowest BCUT2D eigenvalue weighted by Gasteiger charge is -2.06. The maximum absolute atomic E-state index is 12.8. The van der Waals surface area contributed by atoms with Crippen LogP contribution < -0.4 is 5.32 Å². The van der Waals surface area contributed by atoms with Crippen LogP contribution in [0.1, 0.15) is 26.6 Å². The Kier molecular flexibility index (Phi) is 3.73. The predicted octanol–water partition coefficient (Wildman–Crippen LogP) is 1.31. The van der Waals surface area contributed by atoms with Crippen LogP contribution in [-0.4, -0.2) is 40.7 Å². The molecule has 0 unspecified atom stereocenters. The summed E-state index contributed by atoms with van der Waals surface area (Å²) in [5, 5.41) is 23.0. The van der Waals surface area contributed by atoms with E-state index in [0.29, 0.717) is 16.4 Å². The smallest absolute Gasteiger partial charge is 0.255 e. The number of hydrogen-bond donors (Lipinski definition) is 1. The lowest BCUT2D eigenvalue weighted by atomic mass is 10.1. The molecular formula is C15H14N8OS. The van der Waals surface area contributed by atoms with Gasteiger partial charge < -0.3 is 5.32 Å². The van der Waals surface area contributed by atoms with E-state index in [1.54, 1.807) is 0 Å². The third-order valence-electron chi connectivity index (χ3n) is 3.94. The predicted molar refractivity (Wildman–Crippen MR) is 90.7 cm³/mol. The van der Waals surface area contributed by atoms with E-state index in [0.717, 1.165) is 16.1 Å². The maximum Gasteiger partial charge on any atom is 0.255 e. The van der Waals surface area contributed by atoms with Gasteiger partial charge in [0.25, 0.3) is 5.91 Å². The molecule has 4 aromatic heterocycles. The van der Waals surface area contributed by atoms with Gasteiger partial charge in [-0.15, -0.1) is 26.6 Å². The Hall–Kier alpha value is -3.14. The van der Waals surface area contributed by atoms with E-state index >= 15 is 0 Å². The highest BCUT2D eigenvalue weighted by atomic mass is 32.1. The van der Waals surface area contributed by atoms with Crippen LogP contribution in [-0.2, 0) is 6.54 Å². The molecule has 4 rings (SSSR count). The number of thiophene rings is 1. The normalized spacial score (nSPS) is 11.1. The van der Waals surface area contributed by atoms with Gasteiger partial charge in [-0.05, 0) is 42.0 Å². The minimum Gasteiger partial charge on any atom is -0.345 e. The summed E-state index contributed by atoms with van der Waals surface area (Å²) in [4.78, 5) is 13.8. The van der Waals surface area contributed by atoms with Crippen molar-refractivity contribution in [2.45, 2.75) is 20.4 Å². The summed E-state index contributed by atoms with van der Waals surface area (Å²) in [6.07, 6.45) is 3.34. The van der Waals surface area contributed by atoms with Crippen LogP contribution in [0.25, 0.3) is 10.6 Å². The van der Waals surface area contributed by atoms with Crippen molar-refractivity contribution in [1.29, 1.82) is 0 Å². The number of nitrogens with zero attached hydrogens (tertiary/aromatic N) is 7. The molecule has 0 aliphatic carbocycles. The molecule has 0 radical (unpaired) electrons. The van der Waals surface area contributed by atoms with Crippen molar-refractivity contribution in [3.63, 3.8) is 0 Å². The van der Waals surface area contributed by atoms with Crippen LogP contribution in [0, 0.1) is 13.8 Å². The zero-order valence-electron chi connectivity index (χ0n) is 13.5. The number of carbonyl (C=O) groups is 1. The molecule has 0 spiro atoms. The maximum atomic E-state index is 12.8. The molecule has 25 heavy (non-hydrogen) atoms. The molecule has 0 bridgehead atoms. The number of hydrogen-bond acceptors (Lipinski definition) is 7. The Balaban J connectivity index is 1.62. The fourth-order valence-electron chi connectivity index (χ4n) is 2.55. The molecule has 0 saturated heterocycles. The molecule has 1 amide bonds. The first-order valence-corrected chi connectivity index (χ1v) is 8.37. The number of nitrogens with one attached hydrogen (secondary N) is 1. The summed E-state index contributed by atoms with van der Waals surface area (Å²) >= 11 is 1.48. The van der Waals surface area contributed by atoms with E-state index < -0.39 is 0 Å². The summed E-state index contributed by atoms with van der Waals surface area (Å²) in [6.45, 7) is 4.16. The van der Waals surface area contributed by atoms with E-state index in [1.807, 2.05) is 42.6 Å². The zero-order chi connectivity index (χ0) is 17.4. The van der Waals surface area contributed by atoms with E-state index in [4.69, 9.17) is 0 Å². The molecule has 0 aromatic carbocycles. The minimum absolute atomic E-state index is 0.194. The number of amides is 1. The highest BCUT2D eigenvalue weighted by Gasteiger charge is 2.21. The second-order valence-electron chi connectivity index (χ2n) is 5.45. The highest BCUT2D eigenvalue weighted by Crippen LogP contribution is 2.30. The van der Waals surface area contributed by atoms with E-state index in [1.165, 1.54) is 22.3 Å². The van der Waals surface area contributed by atoms with E-state index in [2.05, 4.69) is 31.0 Å². The quantitative estimate of drug-likeness (QED) is 0.593. The van der Waals surface area contributed by atoms with Crippen molar-refractivity contribution in [2.24, 2.45) is 0 Å². The van der Waals surface area contributed by atoms with Gasteiger partial charge in [-0.2, -0.15) is 4.68 Å². The van der Waals surface area contributed by atoms with Crippen LogP contribution in [0.5, 0.6) is 0 Å². The number of aryl methyl sites for hydroxylation is 1. The number of carbonyl (C=O) groups excluding carboxylic acids is 1. The number of rotatable bonds is 4. The molecule has 10 heteroatoms. The van der Waals surface area contributed by atoms with Crippen molar-refractivity contribution in [2.75, 3.05) is 0 Å². The molecule has 0 aliphatic heterocycles. The standard InChI is InChI=1S/C15H14N8OS/c1-9-10(2)25-15(23-8-17-20-21-23)13(9)14(24)16-7-12-19-18-11-5-3-4-6-22(11)12/h3-6,8H,7H2,1-2H3,(H,16,24). The molecule has 0 saturated carbocycles. The third-order valence-corrected chi connectivity index (χ3v) is 5.14. The van der Waals surface area contributed by atoms with Crippen molar-refractivity contribution in [3.8, 4) is 5.00 Å². The average molecular weight is 354 g/mol. The van der Waals surface area contributed by atoms with Gasteiger partial charge in [0.2, 0.25) is 0 Å². The van der Waals surface area contributed by atoms with Crippen LogP contribution in [0.2, 0.25) is 0 Å². The second kappa shape index (κ2) is 6.06. The highest BCUT2D eigenvalue weighted by molar-refractivity contribution is 7.15. The van der Waals surface area contributed by atoms with Gasteiger partial charge in [0.15, 0.2) is 11.5 Å². The van der Waals surface area contributed by atoms with Gasteiger partial charge in [-0.25, -0.2) is 0 Å². The summed E-state index contributed by atoms with van der Waals surface area (Å²) in [6, 6.07) is 5.65. The van der Waals surface area contributed by atoms with Crippen molar-refractivity contribution < 1.29 is 4.79 Å². The Morgan fingerprint density at radius 1 is 1.28 bits per heavy atom. The molecule has 0 fully saturated rings. The van der Waals surface area contributed by atoms with Gasteiger partial charge in [0.1, 0.15) is 11.3 Å². The van der Waals surface area contributed by atoms with Crippen LogP contribution in [0.4, 0.5) is 0 Å². The third kappa shape index (κ3) is 2.66. The molecule has 0 aliphatic rings. The number of fused-ring (bicyclic) bond motifs is 1.